The number of halogens is 3. The van der Waals surface area contributed by atoms with E-state index < -0.39 is 41.1 Å². The number of aliphatic hydroxyl groups is 1. The minimum absolute atomic E-state index is 0.0713. The van der Waals surface area contributed by atoms with Gasteiger partial charge in [-0.05, 0) is 20.3 Å². The van der Waals surface area contributed by atoms with Crippen LogP contribution in [0.4, 0.5) is 13.2 Å². The van der Waals surface area contributed by atoms with Crippen molar-refractivity contribution in [2.24, 2.45) is 0 Å². The van der Waals surface area contributed by atoms with Crippen LogP contribution in [0.15, 0.2) is 5.38 Å². The molecule has 1 heterocycles. The number of aryl methyl sites for hydroxylation is 1. The fourth-order valence-corrected chi connectivity index (χ4v) is 2.73. The molecular formula is C13H17F3N2O4S. The highest BCUT2D eigenvalue weighted by molar-refractivity contribution is 7.09. The Labute approximate surface area is 134 Å². The molecule has 10 heteroatoms. The predicted molar refractivity (Wildman–Crippen MR) is 75.9 cm³/mol. The number of carboxylic acid groups (broad SMARTS) is 1. The first-order valence-corrected chi connectivity index (χ1v) is 7.56. The van der Waals surface area contributed by atoms with Gasteiger partial charge in [0.2, 0.25) is 11.5 Å². The first-order chi connectivity index (χ1) is 10.5. The van der Waals surface area contributed by atoms with Gasteiger partial charge in [0.25, 0.3) is 0 Å². The third-order valence-electron chi connectivity index (χ3n) is 3.06. The number of carboxylic acids is 1. The van der Waals surface area contributed by atoms with E-state index in [1.807, 2.05) is 0 Å². The Kier molecular flexibility index (Phi) is 6.11. The predicted octanol–water partition coefficient (Wildman–Crippen LogP) is 1.96. The Bertz CT molecular complexity index is 576. The maximum Gasteiger partial charge on any atom is 0.424 e. The zero-order chi connectivity index (χ0) is 17.8. The Morgan fingerprint density at radius 1 is 1.43 bits per heavy atom. The summed E-state index contributed by atoms with van der Waals surface area (Å²) < 4.78 is 39.6. The van der Waals surface area contributed by atoms with E-state index in [4.69, 9.17) is 5.11 Å². The highest BCUT2D eigenvalue weighted by Crippen LogP contribution is 2.42. The molecule has 2 atom stereocenters. The van der Waals surface area contributed by atoms with Crippen molar-refractivity contribution in [2.75, 3.05) is 0 Å². The van der Waals surface area contributed by atoms with Crippen molar-refractivity contribution < 1.29 is 33.0 Å². The maximum atomic E-state index is 13.2. The standard InChI is InChI=1S/C13H17F3N2O4S/c1-7(3-4-10(20)21)17-9(19)5-12(22,13(14,15)16)11-18-8(2)6-23-11/h6-7,22H,3-5H2,1-2H3,(H,17,19)(H,20,21). The molecule has 23 heavy (non-hydrogen) atoms. The highest BCUT2D eigenvalue weighted by atomic mass is 32.1. The molecule has 0 aromatic carbocycles. The van der Waals surface area contributed by atoms with Crippen LogP contribution in [0.1, 0.15) is 36.9 Å². The van der Waals surface area contributed by atoms with Crippen LogP contribution in [0, 0.1) is 6.92 Å². The molecule has 0 bridgehead atoms. The van der Waals surface area contributed by atoms with Gasteiger partial charge < -0.3 is 15.5 Å². The van der Waals surface area contributed by atoms with Crippen LogP contribution in [0.25, 0.3) is 0 Å². The number of hydrogen-bond donors (Lipinski definition) is 3. The third-order valence-corrected chi connectivity index (χ3v) is 4.17. The molecule has 130 valence electrons. The first kappa shape index (κ1) is 19.4. The van der Waals surface area contributed by atoms with Gasteiger partial charge in [-0.2, -0.15) is 13.2 Å². The van der Waals surface area contributed by atoms with Gasteiger partial charge in [-0.3, -0.25) is 9.59 Å². The van der Waals surface area contributed by atoms with Crippen LogP contribution in [0.5, 0.6) is 0 Å². The van der Waals surface area contributed by atoms with E-state index >= 15 is 0 Å². The van der Waals surface area contributed by atoms with E-state index in [1.54, 1.807) is 0 Å². The lowest BCUT2D eigenvalue weighted by Crippen LogP contribution is -2.47. The fourth-order valence-electron chi connectivity index (χ4n) is 1.81. The van der Waals surface area contributed by atoms with Crippen molar-refractivity contribution in [2.45, 2.75) is 50.9 Å². The second-order valence-electron chi connectivity index (χ2n) is 5.23. The van der Waals surface area contributed by atoms with Gasteiger partial charge in [0, 0.05) is 23.5 Å². The molecule has 0 aliphatic heterocycles. The quantitative estimate of drug-likeness (QED) is 0.695. The molecular weight excluding hydrogens is 337 g/mol. The average Bonchev–Trinajstić information content (AvgIpc) is 2.81. The van der Waals surface area contributed by atoms with Crippen molar-refractivity contribution in [1.29, 1.82) is 0 Å². The van der Waals surface area contributed by atoms with Crippen molar-refractivity contribution in [3.8, 4) is 0 Å². The summed E-state index contributed by atoms with van der Waals surface area (Å²) in [4.78, 5) is 25.9. The largest absolute Gasteiger partial charge is 0.481 e. The third kappa shape index (κ3) is 5.17. The van der Waals surface area contributed by atoms with Gasteiger partial charge in [-0.1, -0.05) is 0 Å². The zero-order valence-electron chi connectivity index (χ0n) is 12.5. The van der Waals surface area contributed by atoms with E-state index in [-0.39, 0.29) is 12.8 Å². The number of aromatic nitrogens is 1. The van der Waals surface area contributed by atoms with Crippen LogP contribution in [0.3, 0.4) is 0 Å². The Morgan fingerprint density at radius 3 is 2.48 bits per heavy atom. The maximum absolute atomic E-state index is 13.2. The van der Waals surface area contributed by atoms with E-state index in [0.29, 0.717) is 17.0 Å². The summed E-state index contributed by atoms with van der Waals surface area (Å²) in [5.74, 6) is -2.10. The van der Waals surface area contributed by atoms with Crippen LogP contribution in [-0.4, -0.2) is 39.3 Å². The number of carbonyl (C=O) groups is 2. The van der Waals surface area contributed by atoms with E-state index in [9.17, 15) is 27.9 Å². The summed E-state index contributed by atoms with van der Waals surface area (Å²) in [7, 11) is 0. The summed E-state index contributed by atoms with van der Waals surface area (Å²) in [6.07, 6.45) is -6.46. The number of aliphatic carboxylic acids is 1. The Hall–Kier alpha value is -1.68. The van der Waals surface area contributed by atoms with Gasteiger partial charge in [0.05, 0.1) is 6.42 Å². The van der Waals surface area contributed by atoms with Crippen LogP contribution in [-0.2, 0) is 15.2 Å². The van der Waals surface area contributed by atoms with E-state index in [0.717, 1.165) is 0 Å². The van der Waals surface area contributed by atoms with Gasteiger partial charge in [-0.15, -0.1) is 11.3 Å². The monoisotopic (exact) mass is 354 g/mol. The van der Waals surface area contributed by atoms with Gasteiger partial charge in [-0.25, -0.2) is 4.98 Å². The number of alkyl halides is 3. The SMILES string of the molecule is Cc1csc(C(O)(CC(=O)NC(C)CCC(=O)O)C(F)(F)F)n1. The number of carbonyl (C=O) groups excluding carboxylic acids is 1. The fraction of sp³-hybridized carbons (Fsp3) is 0.615. The number of amides is 1. The van der Waals surface area contributed by atoms with Crippen molar-refractivity contribution >= 4 is 23.2 Å². The summed E-state index contributed by atoms with van der Waals surface area (Å²) in [6.45, 7) is 2.95. The number of hydrogen-bond acceptors (Lipinski definition) is 5. The van der Waals surface area contributed by atoms with E-state index in [1.165, 1.54) is 19.2 Å². The topological polar surface area (TPSA) is 99.5 Å². The molecule has 0 saturated heterocycles. The molecule has 1 rings (SSSR count). The van der Waals surface area contributed by atoms with Crippen LogP contribution in [0.2, 0.25) is 0 Å². The van der Waals surface area contributed by atoms with Gasteiger partial charge in [0.1, 0.15) is 5.01 Å². The summed E-state index contributed by atoms with van der Waals surface area (Å²) in [5.41, 5.74) is -3.06. The van der Waals surface area contributed by atoms with Gasteiger partial charge >= 0.3 is 12.1 Å². The van der Waals surface area contributed by atoms with Crippen molar-refractivity contribution in [3.05, 3.63) is 16.1 Å². The lowest BCUT2D eigenvalue weighted by atomic mass is 9.99. The molecule has 0 aliphatic rings. The Balaban J connectivity index is 2.83. The van der Waals surface area contributed by atoms with Crippen LogP contribution >= 0.6 is 11.3 Å². The van der Waals surface area contributed by atoms with E-state index in [2.05, 4.69) is 10.3 Å². The molecule has 0 fully saturated rings. The molecule has 0 aliphatic carbocycles. The number of rotatable bonds is 7. The lowest BCUT2D eigenvalue weighted by Gasteiger charge is -2.28. The van der Waals surface area contributed by atoms with Crippen LogP contribution < -0.4 is 5.32 Å². The molecule has 0 saturated carbocycles. The second-order valence-corrected chi connectivity index (χ2v) is 6.09. The molecule has 3 N–H and O–H groups in total. The highest BCUT2D eigenvalue weighted by Gasteiger charge is 2.58. The number of nitrogens with one attached hydrogen (secondary N) is 1. The smallest absolute Gasteiger partial charge is 0.424 e. The van der Waals surface area contributed by atoms with Crippen molar-refractivity contribution in [3.63, 3.8) is 0 Å². The minimum Gasteiger partial charge on any atom is -0.481 e. The summed E-state index contributed by atoms with van der Waals surface area (Å²) in [6, 6.07) is -0.630. The second kappa shape index (κ2) is 7.26. The number of nitrogens with zero attached hydrogens (tertiary/aromatic N) is 1. The molecule has 1 aromatic rings. The van der Waals surface area contributed by atoms with Crippen molar-refractivity contribution in [1.82, 2.24) is 10.3 Å². The first-order valence-electron chi connectivity index (χ1n) is 6.68. The Morgan fingerprint density at radius 2 is 2.04 bits per heavy atom. The molecule has 2 unspecified atom stereocenters. The normalized spacial score (nSPS) is 15.7. The molecule has 1 amide bonds. The zero-order valence-corrected chi connectivity index (χ0v) is 13.3. The summed E-state index contributed by atoms with van der Waals surface area (Å²) >= 11 is 0.620. The minimum atomic E-state index is -5.07. The van der Waals surface area contributed by atoms with Gasteiger partial charge in [0.15, 0.2) is 0 Å². The molecule has 1 aromatic heterocycles. The molecule has 6 nitrogen and oxygen atoms in total. The molecule has 0 radical (unpaired) electrons. The lowest BCUT2D eigenvalue weighted by molar-refractivity contribution is -0.267. The average molecular weight is 354 g/mol. The number of thiazole rings is 1. The summed E-state index contributed by atoms with van der Waals surface area (Å²) in [5, 5.41) is 21.5. The molecule has 0 spiro atoms.